The van der Waals surface area contributed by atoms with E-state index in [1.165, 1.54) is 5.56 Å². The Hall–Kier alpha value is -3.97. The number of carbonyl (C=O) groups is 1. The van der Waals surface area contributed by atoms with Gasteiger partial charge in [0.15, 0.2) is 5.11 Å². The fourth-order valence-corrected chi connectivity index (χ4v) is 5.53. The van der Waals surface area contributed by atoms with E-state index in [9.17, 15) is 4.79 Å². The molecule has 2 aromatic carbocycles. The number of thiocarbonyl (C=S) groups is 1. The smallest absolute Gasteiger partial charge is 0.224 e. The van der Waals surface area contributed by atoms with Crippen molar-refractivity contribution in [2.75, 3.05) is 10.2 Å². The highest BCUT2D eigenvalue weighted by molar-refractivity contribution is 7.80. The standard InChI is InChI=1S/C30H31N5OS/c1-5-27(36)32-25-15-14-23(17-19(25)2)35-29(28(33-30(35)37)26-13-9-10-16-31-26)24-18-20(3)34(21(24)4)22-11-7-6-8-12-22/h6-18,28-29H,5H2,1-4H3,(H,32,36)(H,33,37)/t28-,29+/m1/s1. The highest BCUT2D eigenvalue weighted by atomic mass is 32.1. The fourth-order valence-electron chi connectivity index (χ4n) is 5.19. The van der Waals surface area contributed by atoms with E-state index in [2.05, 4.69) is 75.3 Å². The number of rotatable bonds is 6. The van der Waals surface area contributed by atoms with Gasteiger partial charge in [0.25, 0.3) is 0 Å². The van der Waals surface area contributed by atoms with Crippen LogP contribution in [0.25, 0.3) is 5.69 Å². The van der Waals surface area contributed by atoms with E-state index in [0.29, 0.717) is 11.5 Å². The van der Waals surface area contributed by atoms with Gasteiger partial charge in [-0.15, -0.1) is 0 Å². The summed E-state index contributed by atoms with van der Waals surface area (Å²) in [5.74, 6) is -0.00402. The molecule has 0 bridgehead atoms. The number of aromatic nitrogens is 2. The van der Waals surface area contributed by atoms with E-state index in [1.54, 1.807) is 0 Å². The Kier molecular flexibility index (Phi) is 6.80. The predicted molar refractivity (Wildman–Crippen MR) is 153 cm³/mol. The number of aryl methyl sites for hydroxylation is 2. The van der Waals surface area contributed by atoms with Gasteiger partial charge < -0.3 is 20.1 Å². The normalized spacial score (nSPS) is 17.1. The third-order valence-corrected chi connectivity index (χ3v) is 7.30. The maximum atomic E-state index is 12.0. The Morgan fingerprint density at radius 1 is 1.00 bits per heavy atom. The van der Waals surface area contributed by atoms with Crippen LogP contribution in [-0.2, 0) is 4.79 Å². The van der Waals surface area contributed by atoms with Crippen molar-refractivity contribution < 1.29 is 4.79 Å². The number of pyridine rings is 1. The molecule has 2 N–H and O–H groups in total. The molecule has 4 aromatic rings. The third-order valence-electron chi connectivity index (χ3n) is 6.98. The molecule has 188 valence electrons. The minimum absolute atomic E-state index is 0.00402. The molecule has 0 unspecified atom stereocenters. The maximum Gasteiger partial charge on any atom is 0.224 e. The third kappa shape index (κ3) is 4.62. The minimum atomic E-state index is -0.127. The molecule has 0 spiro atoms. The lowest BCUT2D eigenvalue weighted by Crippen LogP contribution is -2.29. The van der Waals surface area contributed by atoms with Crippen LogP contribution in [0.15, 0.2) is 79.0 Å². The molecular formula is C30H31N5OS. The van der Waals surface area contributed by atoms with E-state index >= 15 is 0 Å². The number of para-hydroxylation sites is 1. The van der Waals surface area contributed by atoms with Crippen LogP contribution in [0, 0.1) is 20.8 Å². The Balaban J connectivity index is 1.63. The quantitative estimate of drug-likeness (QED) is 0.298. The summed E-state index contributed by atoms with van der Waals surface area (Å²) in [5, 5.41) is 7.19. The Morgan fingerprint density at radius 2 is 1.76 bits per heavy atom. The summed E-state index contributed by atoms with van der Waals surface area (Å²) in [5.41, 5.74) is 8.34. The first-order valence-corrected chi connectivity index (χ1v) is 12.9. The number of nitrogens with zero attached hydrogens (tertiary/aromatic N) is 3. The SMILES string of the molecule is CCC(=O)Nc1ccc(N2C(=S)N[C@H](c3ccccn3)[C@@H]2c2cc(C)n(-c3ccccc3)c2C)cc1C. The number of nitrogens with one attached hydrogen (secondary N) is 2. The van der Waals surface area contributed by atoms with Crippen molar-refractivity contribution in [1.29, 1.82) is 0 Å². The Morgan fingerprint density at radius 3 is 2.43 bits per heavy atom. The van der Waals surface area contributed by atoms with E-state index in [1.807, 2.05) is 56.4 Å². The molecule has 0 aliphatic carbocycles. The largest absolute Gasteiger partial charge is 0.351 e. The summed E-state index contributed by atoms with van der Waals surface area (Å²) < 4.78 is 2.29. The minimum Gasteiger partial charge on any atom is -0.351 e. The average molecular weight is 510 g/mol. The van der Waals surface area contributed by atoms with Gasteiger partial charge in [-0.1, -0.05) is 31.2 Å². The second-order valence-electron chi connectivity index (χ2n) is 9.39. The monoisotopic (exact) mass is 509 g/mol. The molecule has 1 aliphatic heterocycles. The highest BCUT2D eigenvalue weighted by Crippen LogP contribution is 2.44. The van der Waals surface area contributed by atoms with Crippen LogP contribution in [-0.4, -0.2) is 20.6 Å². The van der Waals surface area contributed by atoms with Crippen molar-refractivity contribution in [3.05, 3.63) is 107 Å². The molecule has 2 atom stereocenters. The van der Waals surface area contributed by atoms with E-state index in [0.717, 1.165) is 39.7 Å². The van der Waals surface area contributed by atoms with Crippen LogP contribution in [0.3, 0.4) is 0 Å². The van der Waals surface area contributed by atoms with Crippen molar-refractivity contribution in [3.8, 4) is 5.69 Å². The molecule has 1 aliphatic rings. The molecule has 1 saturated heterocycles. The van der Waals surface area contributed by atoms with Crippen LogP contribution in [0.4, 0.5) is 11.4 Å². The number of benzene rings is 2. The molecule has 0 saturated carbocycles. The topological polar surface area (TPSA) is 62.2 Å². The van der Waals surface area contributed by atoms with E-state index in [-0.39, 0.29) is 18.0 Å². The van der Waals surface area contributed by atoms with E-state index in [4.69, 9.17) is 12.2 Å². The van der Waals surface area contributed by atoms with Crippen LogP contribution >= 0.6 is 12.2 Å². The van der Waals surface area contributed by atoms with Gasteiger partial charge in [-0.2, -0.15) is 0 Å². The summed E-state index contributed by atoms with van der Waals surface area (Å²) in [6, 6.07) is 24.5. The predicted octanol–water partition coefficient (Wildman–Crippen LogP) is 6.32. The van der Waals surface area contributed by atoms with Gasteiger partial charge in [-0.05, 0) is 92.6 Å². The lowest BCUT2D eigenvalue weighted by atomic mass is 9.96. The first-order chi connectivity index (χ1) is 17.9. The number of anilines is 2. The number of hydrogen-bond acceptors (Lipinski definition) is 3. The Labute approximate surface area is 223 Å². The lowest BCUT2D eigenvalue weighted by molar-refractivity contribution is -0.115. The second kappa shape index (κ2) is 10.2. The molecule has 0 radical (unpaired) electrons. The molecule has 3 heterocycles. The molecule has 2 aromatic heterocycles. The fraction of sp³-hybridized carbons (Fsp3) is 0.233. The molecule has 37 heavy (non-hydrogen) atoms. The summed E-state index contributed by atoms with van der Waals surface area (Å²) in [6.07, 6.45) is 2.26. The van der Waals surface area contributed by atoms with Crippen LogP contribution in [0.5, 0.6) is 0 Å². The zero-order valence-electron chi connectivity index (χ0n) is 21.5. The van der Waals surface area contributed by atoms with Gasteiger partial charge in [0, 0.05) is 41.1 Å². The molecule has 1 amide bonds. The van der Waals surface area contributed by atoms with E-state index < -0.39 is 0 Å². The molecule has 1 fully saturated rings. The van der Waals surface area contributed by atoms with Crippen molar-refractivity contribution in [1.82, 2.24) is 14.9 Å². The second-order valence-corrected chi connectivity index (χ2v) is 9.78. The van der Waals surface area contributed by atoms with Crippen molar-refractivity contribution in [3.63, 3.8) is 0 Å². The zero-order chi connectivity index (χ0) is 26.1. The zero-order valence-corrected chi connectivity index (χ0v) is 22.3. The molecule has 6 nitrogen and oxygen atoms in total. The van der Waals surface area contributed by atoms with Gasteiger partial charge in [-0.3, -0.25) is 9.78 Å². The first-order valence-electron chi connectivity index (χ1n) is 12.5. The van der Waals surface area contributed by atoms with Gasteiger partial charge in [0.2, 0.25) is 5.91 Å². The summed E-state index contributed by atoms with van der Waals surface area (Å²) in [6.45, 7) is 8.16. The van der Waals surface area contributed by atoms with Crippen molar-refractivity contribution in [2.24, 2.45) is 0 Å². The van der Waals surface area contributed by atoms with Crippen molar-refractivity contribution in [2.45, 2.75) is 46.2 Å². The Bertz CT molecular complexity index is 1450. The van der Waals surface area contributed by atoms with Gasteiger partial charge in [0.05, 0.1) is 17.8 Å². The van der Waals surface area contributed by atoms with Crippen LogP contribution < -0.4 is 15.5 Å². The number of amides is 1. The first kappa shape index (κ1) is 24.7. The van der Waals surface area contributed by atoms with Crippen LogP contribution in [0.2, 0.25) is 0 Å². The lowest BCUT2D eigenvalue weighted by Gasteiger charge is -2.29. The number of hydrogen-bond donors (Lipinski definition) is 2. The molecule has 5 rings (SSSR count). The van der Waals surface area contributed by atoms with Gasteiger partial charge in [0.1, 0.15) is 0 Å². The van der Waals surface area contributed by atoms with Gasteiger partial charge in [-0.25, -0.2) is 0 Å². The summed E-state index contributed by atoms with van der Waals surface area (Å²) >= 11 is 5.93. The highest BCUT2D eigenvalue weighted by Gasteiger charge is 2.42. The number of carbonyl (C=O) groups excluding carboxylic acids is 1. The molecule has 7 heteroatoms. The van der Waals surface area contributed by atoms with Crippen molar-refractivity contribution >= 4 is 34.6 Å². The summed E-state index contributed by atoms with van der Waals surface area (Å²) in [4.78, 5) is 18.9. The maximum absolute atomic E-state index is 12.0. The molecular weight excluding hydrogens is 478 g/mol. The van der Waals surface area contributed by atoms with Gasteiger partial charge >= 0.3 is 0 Å². The average Bonchev–Trinajstić information content (AvgIpc) is 3.41. The van der Waals surface area contributed by atoms with Crippen LogP contribution in [0.1, 0.15) is 53.6 Å². The summed E-state index contributed by atoms with van der Waals surface area (Å²) in [7, 11) is 0.